The lowest BCUT2D eigenvalue weighted by Gasteiger charge is -2.22. The molecule has 1 atom stereocenters. The molecule has 2 aromatic rings. The molecule has 1 aliphatic rings. The van der Waals surface area contributed by atoms with Gasteiger partial charge in [-0.3, -0.25) is 9.48 Å². The summed E-state index contributed by atoms with van der Waals surface area (Å²) in [6, 6.07) is 7.75. The molecule has 1 amide bonds. The van der Waals surface area contributed by atoms with Crippen LogP contribution in [-0.4, -0.2) is 49.5 Å². The summed E-state index contributed by atoms with van der Waals surface area (Å²) in [5.74, 6) is 1.40. The van der Waals surface area contributed by atoms with Crippen LogP contribution in [0.15, 0.2) is 30.5 Å². The zero-order valence-corrected chi connectivity index (χ0v) is 15.3. The molecule has 26 heavy (non-hydrogen) atoms. The van der Waals surface area contributed by atoms with Gasteiger partial charge in [-0.2, -0.15) is 5.10 Å². The number of amides is 1. The van der Waals surface area contributed by atoms with E-state index >= 15 is 0 Å². The van der Waals surface area contributed by atoms with Gasteiger partial charge in [-0.15, -0.1) is 0 Å². The monoisotopic (exact) mass is 358 g/mol. The standard InChI is InChI=1S/C19H26N4O3/c1-25-16-5-6-18(26-2)14(12-16)7-10-21-19(24)17-8-11-23(22-17)15-4-3-9-20-13-15/h5-6,8,11-12,15,20H,3-4,7,9-10,13H2,1-2H3,(H,21,24). The number of nitrogens with zero attached hydrogens (tertiary/aromatic N) is 2. The van der Waals surface area contributed by atoms with Crippen LogP contribution in [-0.2, 0) is 6.42 Å². The molecular formula is C19H26N4O3. The van der Waals surface area contributed by atoms with Gasteiger partial charge < -0.3 is 20.1 Å². The summed E-state index contributed by atoms with van der Waals surface area (Å²) in [6.45, 7) is 2.46. The van der Waals surface area contributed by atoms with Crippen LogP contribution in [0.4, 0.5) is 0 Å². The highest BCUT2D eigenvalue weighted by molar-refractivity contribution is 5.92. The molecule has 3 rings (SSSR count). The van der Waals surface area contributed by atoms with Crippen molar-refractivity contribution >= 4 is 5.91 Å². The third-order valence-electron chi connectivity index (χ3n) is 4.65. The molecule has 1 unspecified atom stereocenters. The highest BCUT2D eigenvalue weighted by Crippen LogP contribution is 2.24. The number of hydrogen-bond donors (Lipinski definition) is 2. The van der Waals surface area contributed by atoms with E-state index in [4.69, 9.17) is 9.47 Å². The van der Waals surface area contributed by atoms with Gasteiger partial charge in [-0.1, -0.05) is 0 Å². The molecule has 7 heteroatoms. The van der Waals surface area contributed by atoms with E-state index in [1.165, 1.54) is 0 Å². The lowest BCUT2D eigenvalue weighted by Crippen LogP contribution is -2.32. The largest absolute Gasteiger partial charge is 0.497 e. The van der Waals surface area contributed by atoms with Crippen LogP contribution in [0, 0.1) is 0 Å². The van der Waals surface area contributed by atoms with Gasteiger partial charge in [-0.05, 0) is 55.6 Å². The van der Waals surface area contributed by atoms with Crippen LogP contribution in [0.3, 0.4) is 0 Å². The van der Waals surface area contributed by atoms with Crippen LogP contribution in [0.1, 0.15) is 34.9 Å². The molecule has 1 aromatic carbocycles. The van der Waals surface area contributed by atoms with Crippen molar-refractivity contribution in [2.45, 2.75) is 25.3 Å². The van der Waals surface area contributed by atoms with Crippen LogP contribution < -0.4 is 20.1 Å². The second-order valence-corrected chi connectivity index (χ2v) is 6.36. The molecule has 0 bridgehead atoms. The van der Waals surface area contributed by atoms with Crippen molar-refractivity contribution < 1.29 is 14.3 Å². The van der Waals surface area contributed by atoms with Gasteiger partial charge >= 0.3 is 0 Å². The third kappa shape index (κ3) is 4.35. The van der Waals surface area contributed by atoms with E-state index in [0.717, 1.165) is 43.0 Å². The number of rotatable bonds is 7. The van der Waals surface area contributed by atoms with Crippen molar-refractivity contribution in [3.63, 3.8) is 0 Å². The van der Waals surface area contributed by atoms with Crippen LogP contribution >= 0.6 is 0 Å². The maximum Gasteiger partial charge on any atom is 0.271 e. The molecule has 1 aliphatic heterocycles. The molecule has 2 N–H and O–H groups in total. The molecular weight excluding hydrogens is 332 g/mol. The Morgan fingerprint density at radius 2 is 2.23 bits per heavy atom. The first-order valence-corrected chi connectivity index (χ1v) is 8.96. The Kier molecular flexibility index (Phi) is 6.12. The van der Waals surface area contributed by atoms with E-state index in [2.05, 4.69) is 15.7 Å². The predicted molar refractivity (Wildman–Crippen MR) is 99.0 cm³/mol. The van der Waals surface area contributed by atoms with Crippen LogP contribution in [0.2, 0.25) is 0 Å². The number of carbonyl (C=O) groups is 1. The molecule has 0 saturated carbocycles. The summed E-state index contributed by atoms with van der Waals surface area (Å²) in [6.07, 6.45) is 4.76. The van der Waals surface area contributed by atoms with Crippen molar-refractivity contribution in [3.8, 4) is 11.5 Å². The van der Waals surface area contributed by atoms with Gasteiger partial charge in [0, 0.05) is 19.3 Å². The third-order valence-corrected chi connectivity index (χ3v) is 4.65. The van der Waals surface area contributed by atoms with Crippen molar-refractivity contribution in [3.05, 3.63) is 41.7 Å². The number of carbonyl (C=O) groups excluding carboxylic acids is 1. The average molecular weight is 358 g/mol. The number of hydrogen-bond acceptors (Lipinski definition) is 5. The number of nitrogens with one attached hydrogen (secondary N) is 2. The highest BCUT2D eigenvalue weighted by atomic mass is 16.5. The fourth-order valence-electron chi connectivity index (χ4n) is 3.20. The minimum absolute atomic E-state index is 0.158. The van der Waals surface area contributed by atoms with Crippen molar-refractivity contribution in [1.29, 1.82) is 0 Å². The first kappa shape index (κ1) is 18.3. The first-order chi connectivity index (χ1) is 12.7. The number of piperidine rings is 1. The van der Waals surface area contributed by atoms with Crippen molar-refractivity contribution in [1.82, 2.24) is 20.4 Å². The molecule has 140 valence electrons. The van der Waals surface area contributed by atoms with Gasteiger partial charge in [0.25, 0.3) is 5.91 Å². The van der Waals surface area contributed by atoms with E-state index in [1.54, 1.807) is 20.3 Å². The second kappa shape index (κ2) is 8.71. The SMILES string of the molecule is COc1ccc(OC)c(CCNC(=O)c2ccn(C3CCCNC3)n2)c1. The van der Waals surface area contributed by atoms with Gasteiger partial charge in [0.2, 0.25) is 0 Å². The topological polar surface area (TPSA) is 77.4 Å². The average Bonchev–Trinajstić information content (AvgIpc) is 3.19. The highest BCUT2D eigenvalue weighted by Gasteiger charge is 2.17. The second-order valence-electron chi connectivity index (χ2n) is 6.36. The minimum atomic E-state index is -0.158. The Morgan fingerprint density at radius 3 is 2.96 bits per heavy atom. The number of ether oxygens (including phenoxy) is 2. The maximum absolute atomic E-state index is 12.4. The Balaban J connectivity index is 1.55. The summed E-state index contributed by atoms with van der Waals surface area (Å²) >= 11 is 0. The van der Waals surface area contributed by atoms with Crippen LogP contribution in [0.25, 0.3) is 0 Å². The molecule has 1 saturated heterocycles. The molecule has 0 spiro atoms. The lowest BCUT2D eigenvalue weighted by atomic mass is 10.1. The fourth-order valence-corrected chi connectivity index (χ4v) is 3.20. The number of methoxy groups -OCH3 is 2. The van der Waals surface area contributed by atoms with Gasteiger partial charge in [0.15, 0.2) is 0 Å². The Morgan fingerprint density at radius 1 is 1.35 bits per heavy atom. The van der Waals surface area contributed by atoms with E-state index in [9.17, 15) is 4.79 Å². The van der Waals surface area contributed by atoms with Crippen LogP contribution in [0.5, 0.6) is 11.5 Å². The molecule has 7 nitrogen and oxygen atoms in total. The smallest absolute Gasteiger partial charge is 0.271 e. The van der Waals surface area contributed by atoms with Crippen molar-refractivity contribution in [2.24, 2.45) is 0 Å². The van der Waals surface area contributed by atoms with Crippen molar-refractivity contribution in [2.75, 3.05) is 33.9 Å². The summed E-state index contributed by atoms with van der Waals surface area (Å²) in [4.78, 5) is 12.4. The summed E-state index contributed by atoms with van der Waals surface area (Å²) in [7, 11) is 3.27. The predicted octanol–water partition coefficient (Wildman–Crippen LogP) is 1.80. The minimum Gasteiger partial charge on any atom is -0.497 e. The Bertz CT molecular complexity index is 738. The fraction of sp³-hybridized carbons (Fsp3) is 0.474. The zero-order chi connectivity index (χ0) is 18.4. The first-order valence-electron chi connectivity index (χ1n) is 8.96. The van der Waals surface area contributed by atoms with Gasteiger partial charge in [0.1, 0.15) is 17.2 Å². The van der Waals surface area contributed by atoms with E-state index in [1.807, 2.05) is 29.1 Å². The van der Waals surface area contributed by atoms with Gasteiger partial charge in [-0.25, -0.2) is 0 Å². The lowest BCUT2D eigenvalue weighted by molar-refractivity contribution is 0.0947. The quantitative estimate of drug-likeness (QED) is 0.789. The van der Waals surface area contributed by atoms with E-state index in [0.29, 0.717) is 24.7 Å². The summed E-state index contributed by atoms with van der Waals surface area (Å²) in [5, 5.41) is 10.7. The maximum atomic E-state index is 12.4. The zero-order valence-electron chi connectivity index (χ0n) is 15.3. The van der Waals surface area contributed by atoms with E-state index in [-0.39, 0.29) is 5.91 Å². The van der Waals surface area contributed by atoms with E-state index < -0.39 is 0 Å². The molecule has 2 heterocycles. The summed E-state index contributed by atoms with van der Waals surface area (Å²) < 4.78 is 12.5. The Hall–Kier alpha value is -2.54. The molecule has 0 radical (unpaired) electrons. The number of aromatic nitrogens is 2. The number of benzene rings is 1. The summed E-state index contributed by atoms with van der Waals surface area (Å²) in [5.41, 5.74) is 1.44. The molecule has 1 aromatic heterocycles. The molecule has 0 aliphatic carbocycles. The Labute approximate surface area is 153 Å². The normalized spacial score (nSPS) is 16.9. The molecule has 1 fully saturated rings. The van der Waals surface area contributed by atoms with Gasteiger partial charge in [0.05, 0.1) is 20.3 Å².